The molecule has 1 aromatic carbocycles. The van der Waals surface area contributed by atoms with Crippen molar-refractivity contribution in [2.24, 2.45) is 4.99 Å². The van der Waals surface area contributed by atoms with Gasteiger partial charge in [-0.15, -0.1) is 11.8 Å². The molecule has 1 rings (SSSR count). The van der Waals surface area contributed by atoms with Gasteiger partial charge in [-0.05, 0) is 36.2 Å². The van der Waals surface area contributed by atoms with Gasteiger partial charge in [0.05, 0.1) is 21.5 Å². The molecule has 0 aromatic heterocycles. The van der Waals surface area contributed by atoms with E-state index in [4.69, 9.17) is 17.3 Å². The summed E-state index contributed by atoms with van der Waals surface area (Å²) in [6, 6.07) is 2.71. The molecule has 0 spiro atoms. The van der Waals surface area contributed by atoms with E-state index in [1.807, 2.05) is 0 Å². The molecule has 0 aliphatic carbocycles. The lowest BCUT2D eigenvalue weighted by Crippen LogP contribution is -2.01. The number of nitrogens with two attached hydrogens (primary N) is 1. The second-order valence-corrected chi connectivity index (χ2v) is 5.06. The van der Waals surface area contributed by atoms with Crippen molar-refractivity contribution < 1.29 is 4.39 Å². The molecule has 0 saturated carbocycles. The predicted molar refractivity (Wildman–Crippen MR) is 76.0 cm³/mol. The smallest absolute Gasteiger partial charge is 0.140 e. The first-order chi connectivity index (χ1) is 8.15. The second-order valence-electron chi connectivity index (χ2n) is 2.83. The third kappa shape index (κ3) is 4.99. The molecule has 0 amide bonds. The van der Waals surface area contributed by atoms with Crippen molar-refractivity contribution in [1.29, 1.82) is 0 Å². The summed E-state index contributed by atoms with van der Waals surface area (Å²) in [4.78, 5) is 3.96. The van der Waals surface area contributed by atoms with Crippen molar-refractivity contribution >= 4 is 47.7 Å². The number of nitrogens with zero attached hydrogens (tertiary/aromatic N) is 1. The minimum atomic E-state index is -0.391. The van der Waals surface area contributed by atoms with Gasteiger partial charge in [0.1, 0.15) is 5.82 Å². The molecule has 0 saturated heterocycles. The van der Waals surface area contributed by atoms with Gasteiger partial charge in [-0.1, -0.05) is 11.6 Å². The molecular formula is C10H11ClFN3S2. The lowest BCUT2D eigenvalue weighted by atomic mass is 10.3. The fraction of sp³-hybridized carbons (Fsp3) is 0.100. The minimum absolute atomic E-state index is 0.239. The predicted octanol–water partition coefficient (Wildman–Crippen LogP) is 3.52. The number of hydrogen-bond donors (Lipinski definition) is 2. The number of anilines is 1. The second kappa shape index (κ2) is 7.60. The van der Waals surface area contributed by atoms with Crippen LogP contribution in [0, 0.1) is 5.82 Å². The Kier molecular flexibility index (Phi) is 6.43. The number of hydrogen-bond acceptors (Lipinski definition) is 5. The average molecular weight is 292 g/mol. The number of halogens is 2. The Labute approximate surface area is 113 Å². The fourth-order valence-corrected chi connectivity index (χ4v) is 2.39. The van der Waals surface area contributed by atoms with Crippen molar-refractivity contribution in [3.05, 3.63) is 34.6 Å². The van der Waals surface area contributed by atoms with Gasteiger partial charge in [0.25, 0.3) is 0 Å². The third-order valence-corrected chi connectivity index (χ3v) is 3.59. The van der Waals surface area contributed by atoms with Crippen LogP contribution in [-0.2, 0) is 0 Å². The lowest BCUT2D eigenvalue weighted by molar-refractivity contribution is 0.602. The van der Waals surface area contributed by atoms with Crippen LogP contribution in [0.25, 0.3) is 0 Å². The van der Waals surface area contributed by atoms with E-state index >= 15 is 0 Å². The first-order valence-electron chi connectivity index (χ1n) is 4.52. The van der Waals surface area contributed by atoms with Gasteiger partial charge in [-0.2, -0.15) is 0 Å². The van der Waals surface area contributed by atoms with Gasteiger partial charge in [0.2, 0.25) is 0 Å². The Morgan fingerprint density at radius 1 is 1.59 bits per heavy atom. The molecule has 3 N–H and O–H groups in total. The molecule has 0 radical (unpaired) electrons. The Hall–Kier alpha value is -0.690. The molecular weight excluding hydrogens is 281 g/mol. The van der Waals surface area contributed by atoms with E-state index < -0.39 is 5.82 Å². The Morgan fingerprint density at radius 2 is 2.35 bits per heavy atom. The van der Waals surface area contributed by atoms with E-state index in [0.29, 0.717) is 15.8 Å². The monoisotopic (exact) mass is 291 g/mol. The summed E-state index contributed by atoms with van der Waals surface area (Å²) in [5.41, 5.74) is 5.71. The number of nitrogen functional groups attached to an aromatic ring is 1. The number of thioether (sulfide) groups is 1. The topological polar surface area (TPSA) is 50.4 Å². The van der Waals surface area contributed by atoms with Crippen molar-refractivity contribution in [2.75, 3.05) is 11.6 Å². The van der Waals surface area contributed by atoms with Crippen LogP contribution in [0.2, 0.25) is 5.02 Å². The number of rotatable bonds is 6. The summed E-state index contributed by atoms with van der Waals surface area (Å²) < 4.78 is 16.4. The Morgan fingerprint density at radius 3 is 3.06 bits per heavy atom. The Balaban J connectivity index is 2.44. The van der Waals surface area contributed by atoms with Crippen molar-refractivity contribution in [3.63, 3.8) is 0 Å². The van der Waals surface area contributed by atoms with E-state index in [9.17, 15) is 4.39 Å². The SMILES string of the molecule is C=N/C=C\SCNSc1cc(Cl)c(N)cc1F. The average Bonchev–Trinajstić information content (AvgIpc) is 2.30. The van der Waals surface area contributed by atoms with Gasteiger partial charge in [-0.25, -0.2) is 9.11 Å². The highest BCUT2D eigenvalue weighted by Gasteiger charge is 2.06. The van der Waals surface area contributed by atoms with Gasteiger partial charge >= 0.3 is 0 Å². The normalized spacial score (nSPS) is 10.9. The Bertz CT molecular complexity index is 426. The summed E-state index contributed by atoms with van der Waals surface area (Å²) in [5, 5.41) is 2.13. The quantitative estimate of drug-likeness (QED) is 0.277. The largest absolute Gasteiger partial charge is 0.397 e. The summed E-state index contributed by atoms with van der Waals surface area (Å²) in [6.45, 7) is 3.30. The molecule has 0 aliphatic heterocycles. The van der Waals surface area contributed by atoms with Gasteiger partial charge in [0, 0.05) is 6.20 Å². The van der Waals surface area contributed by atoms with Crippen LogP contribution in [0.3, 0.4) is 0 Å². The minimum Gasteiger partial charge on any atom is -0.397 e. The van der Waals surface area contributed by atoms with Gasteiger partial charge in [0.15, 0.2) is 0 Å². The van der Waals surface area contributed by atoms with Crippen LogP contribution >= 0.6 is 35.3 Å². The number of aliphatic imine (C=N–C) groups is 1. The molecule has 0 bridgehead atoms. The summed E-state index contributed by atoms with van der Waals surface area (Å²) in [6.07, 6.45) is 1.58. The maximum absolute atomic E-state index is 13.4. The summed E-state index contributed by atoms with van der Waals surface area (Å²) in [7, 11) is 0. The zero-order chi connectivity index (χ0) is 12.7. The number of nitrogens with one attached hydrogen (secondary N) is 1. The van der Waals surface area contributed by atoms with Crippen LogP contribution in [0.1, 0.15) is 0 Å². The van der Waals surface area contributed by atoms with Gasteiger partial charge in [-0.3, -0.25) is 4.99 Å². The van der Waals surface area contributed by atoms with E-state index in [1.54, 1.807) is 11.6 Å². The molecule has 92 valence electrons. The van der Waals surface area contributed by atoms with Crippen LogP contribution in [0.4, 0.5) is 10.1 Å². The van der Waals surface area contributed by atoms with Crippen LogP contribution in [-0.4, -0.2) is 12.6 Å². The van der Waals surface area contributed by atoms with Crippen molar-refractivity contribution in [1.82, 2.24) is 4.72 Å². The van der Waals surface area contributed by atoms with Crippen LogP contribution in [0.15, 0.2) is 33.6 Å². The zero-order valence-corrected chi connectivity index (χ0v) is 11.2. The maximum atomic E-state index is 13.4. The molecule has 3 nitrogen and oxygen atoms in total. The molecule has 7 heteroatoms. The lowest BCUT2D eigenvalue weighted by Gasteiger charge is -2.05. The molecule has 0 atom stereocenters. The van der Waals surface area contributed by atoms with Crippen LogP contribution in [0.5, 0.6) is 0 Å². The van der Waals surface area contributed by atoms with E-state index in [0.717, 1.165) is 11.9 Å². The third-order valence-electron chi connectivity index (χ3n) is 1.64. The fourth-order valence-electron chi connectivity index (χ4n) is 0.898. The van der Waals surface area contributed by atoms with E-state index in [1.165, 1.54) is 23.9 Å². The van der Waals surface area contributed by atoms with Gasteiger partial charge < -0.3 is 5.73 Å². The zero-order valence-electron chi connectivity index (χ0n) is 8.82. The molecule has 0 unspecified atom stereocenters. The highest BCUT2D eigenvalue weighted by atomic mass is 35.5. The standard InChI is InChI=1S/C10H11ClFN3S2/c1-14-2-3-16-6-15-17-10-4-7(11)9(13)5-8(10)12/h2-5,15H,1,6,13H2/b3-2-. The van der Waals surface area contributed by atoms with Crippen molar-refractivity contribution in [3.8, 4) is 0 Å². The molecule has 0 heterocycles. The highest BCUT2D eigenvalue weighted by molar-refractivity contribution is 8.03. The first-order valence-corrected chi connectivity index (χ1v) is 6.76. The van der Waals surface area contributed by atoms with E-state index in [-0.39, 0.29) is 5.69 Å². The summed E-state index contributed by atoms with van der Waals surface area (Å²) >= 11 is 8.44. The molecule has 17 heavy (non-hydrogen) atoms. The van der Waals surface area contributed by atoms with Crippen molar-refractivity contribution in [2.45, 2.75) is 4.90 Å². The van der Waals surface area contributed by atoms with Crippen LogP contribution < -0.4 is 10.5 Å². The maximum Gasteiger partial charge on any atom is 0.140 e. The summed E-state index contributed by atoms with van der Waals surface area (Å²) in [5.74, 6) is 0.218. The highest BCUT2D eigenvalue weighted by Crippen LogP contribution is 2.28. The molecule has 0 aliphatic rings. The van der Waals surface area contributed by atoms with E-state index in [2.05, 4.69) is 16.4 Å². The number of benzene rings is 1. The molecule has 1 aromatic rings. The first kappa shape index (κ1) is 14.4. The molecule has 0 fully saturated rings.